The zero-order valence-electron chi connectivity index (χ0n) is 12.2. The Bertz CT molecular complexity index is 490. The Balaban J connectivity index is 1.75. The van der Waals surface area contributed by atoms with Gasteiger partial charge < -0.3 is 10.2 Å². The van der Waals surface area contributed by atoms with E-state index in [1.807, 2.05) is 0 Å². The van der Waals surface area contributed by atoms with Crippen LogP contribution in [0.3, 0.4) is 0 Å². The van der Waals surface area contributed by atoms with Crippen molar-refractivity contribution in [2.45, 2.75) is 6.54 Å². The summed E-state index contributed by atoms with van der Waals surface area (Å²) in [5, 5.41) is 14.6. The molecule has 0 spiro atoms. The van der Waals surface area contributed by atoms with Crippen molar-refractivity contribution in [3.63, 3.8) is 0 Å². The molecule has 6 nitrogen and oxygen atoms in total. The normalized spacial score (nSPS) is 17.0. The molecule has 1 aliphatic rings. The lowest BCUT2D eigenvalue weighted by Crippen LogP contribution is -2.46. The first-order valence-electron chi connectivity index (χ1n) is 7.10. The second kappa shape index (κ2) is 7.70. The number of halogens is 1. The average Bonchev–Trinajstić information content (AvgIpc) is 2.47. The summed E-state index contributed by atoms with van der Waals surface area (Å²) < 4.78 is 0. The lowest BCUT2D eigenvalue weighted by molar-refractivity contribution is -0.384. The molecule has 21 heavy (non-hydrogen) atoms. The number of non-ortho nitro benzene ring substituents is 1. The highest BCUT2D eigenvalue weighted by Crippen LogP contribution is 2.21. The van der Waals surface area contributed by atoms with Crippen molar-refractivity contribution in [2.24, 2.45) is 0 Å². The predicted molar refractivity (Wildman–Crippen MR) is 83.8 cm³/mol. The Hall–Kier alpha value is -1.21. The summed E-state index contributed by atoms with van der Waals surface area (Å²) in [5.41, 5.74) is 0.847. The molecule has 1 aromatic rings. The van der Waals surface area contributed by atoms with Gasteiger partial charge in [-0.1, -0.05) is 11.6 Å². The molecule has 1 fully saturated rings. The summed E-state index contributed by atoms with van der Waals surface area (Å²) >= 11 is 6.07. The molecular weight excluding hydrogens is 292 g/mol. The van der Waals surface area contributed by atoms with Crippen LogP contribution in [0.2, 0.25) is 5.02 Å². The summed E-state index contributed by atoms with van der Waals surface area (Å²) in [4.78, 5) is 15.1. The molecule has 1 aliphatic heterocycles. The van der Waals surface area contributed by atoms with Crippen LogP contribution in [0.15, 0.2) is 18.2 Å². The van der Waals surface area contributed by atoms with E-state index in [1.165, 1.54) is 12.1 Å². The van der Waals surface area contributed by atoms with E-state index < -0.39 is 4.92 Å². The molecule has 1 N–H and O–H groups in total. The van der Waals surface area contributed by atoms with E-state index in [2.05, 4.69) is 22.2 Å². The van der Waals surface area contributed by atoms with E-state index in [0.29, 0.717) is 11.6 Å². The minimum absolute atomic E-state index is 0.0790. The zero-order chi connectivity index (χ0) is 15.2. The van der Waals surface area contributed by atoms with Crippen LogP contribution in [0.5, 0.6) is 0 Å². The highest BCUT2D eigenvalue weighted by Gasteiger charge is 2.13. The maximum absolute atomic E-state index is 10.8. The first-order chi connectivity index (χ1) is 10.1. The Morgan fingerprint density at radius 1 is 1.33 bits per heavy atom. The number of nitrogens with zero attached hydrogens (tertiary/aromatic N) is 3. The molecule has 7 heteroatoms. The van der Waals surface area contributed by atoms with Crippen LogP contribution in [0.25, 0.3) is 0 Å². The summed E-state index contributed by atoms with van der Waals surface area (Å²) in [7, 11) is 2.14. The van der Waals surface area contributed by atoms with Gasteiger partial charge in [-0.2, -0.15) is 0 Å². The standard InChI is InChI=1S/C14H21ClN4O2/c1-17-6-8-18(9-7-17)5-4-16-11-12-10-13(19(20)21)2-3-14(12)15/h2-3,10,16H,4-9,11H2,1H3. The predicted octanol–water partition coefficient (Wildman–Crippen LogP) is 1.59. The van der Waals surface area contributed by atoms with Crippen molar-refractivity contribution in [3.8, 4) is 0 Å². The third kappa shape index (κ3) is 4.93. The molecule has 0 bridgehead atoms. The van der Waals surface area contributed by atoms with Crippen molar-refractivity contribution < 1.29 is 4.92 Å². The van der Waals surface area contributed by atoms with Crippen molar-refractivity contribution in [2.75, 3.05) is 46.3 Å². The number of rotatable bonds is 6. The first-order valence-corrected chi connectivity index (χ1v) is 7.48. The zero-order valence-corrected chi connectivity index (χ0v) is 13.0. The summed E-state index contributed by atoms with van der Waals surface area (Å²) in [6, 6.07) is 4.54. The number of hydrogen-bond donors (Lipinski definition) is 1. The fourth-order valence-electron chi connectivity index (χ4n) is 2.34. The number of piperazine rings is 1. The molecule has 116 valence electrons. The van der Waals surface area contributed by atoms with E-state index in [4.69, 9.17) is 11.6 Å². The minimum Gasteiger partial charge on any atom is -0.311 e. The Morgan fingerprint density at radius 3 is 2.71 bits per heavy atom. The molecule has 0 amide bonds. The molecule has 0 atom stereocenters. The van der Waals surface area contributed by atoms with Crippen LogP contribution in [0, 0.1) is 10.1 Å². The second-order valence-electron chi connectivity index (χ2n) is 5.35. The van der Waals surface area contributed by atoms with Gasteiger partial charge in [0.05, 0.1) is 4.92 Å². The molecule has 1 heterocycles. The molecular formula is C14H21ClN4O2. The van der Waals surface area contributed by atoms with Gasteiger partial charge in [-0.05, 0) is 18.7 Å². The molecule has 2 rings (SSSR count). The van der Waals surface area contributed by atoms with Crippen molar-refractivity contribution in [1.29, 1.82) is 0 Å². The lowest BCUT2D eigenvalue weighted by Gasteiger charge is -2.32. The van der Waals surface area contributed by atoms with Gasteiger partial charge in [0, 0.05) is 63.0 Å². The summed E-state index contributed by atoms with van der Waals surface area (Å²) in [5.74, 6) is 0. The summed E-state index contributed by atoms with van der Waals surface area (Å²) in [6.45, 7) is 6.79. The van der Waals surface area contributed by atoms with Crippen LogP contribution in [-0.4, -0.2) is 61.0 Å². The third-order valence-electron chi connectivity index (χ3n) is 3.76. The topological polar surface area (TPSA) is 61.6 Å². The largest absolute Gasteiger partial charge is 0.311 e. The average molecular weight is 313 g/mol. The lowest BCUT2D eigenvalue weighted by atomic mass is 10.2. The number of nitro benzene ring substituents is 1. The minimum atomic E-state index is -0.399. The van der Waals surface area contributed by atoms with E-state index in [1.54, 1.807) is 6.07 Å². The molecule has 0 aromatic heterocycles. The monoisotopic (exact) mass is 312 g/mol. The first kappa shape index (κ1) is 16.2. The maximum Gasteiger partial charge on any atom is 0.269 e. The van der Waals surface area contributed by atoms with Crippen LogP contribution in [-0.2, 0) is 6.54 Å². The van der Waals surface area contributed by atoms with Gasteiger partial charge in [0.1, 0.15) is 0 Å². The van der Waals surface area contributed by atoms with Crippen molar-refractivity contribution in [1.82, 2.24) is 15.1 Å². The number of hydrogen-bond acceptors (Lipinski definition) is 5. The highest BCUT2D eigenvalue weighted by atomic mass is 35.5. The van der Waals surface area contributed by atoms with Gasteiger partial charge in [0.15, 0.2) is 0 Å². The molecule has 0 unspecified atom stereocenters. The second-order valence-corrected chi connectivity index (χ2v) is 5.76. The molecule has 1 aromatic carbocycles. The number of benzene rings is 1. The molecule has 0 aliphatic carbocycles. The smallest absolute Gasteiger partial charge is 0.269 e. The molecule has 0 radical (unpaired) electrons. The van der Waals surface area contributed by atoms with E-state index in [-0.39, 0.29) is 5.69 Å². The van der Waals surface area contributed by atoms with Gasteiger partial charge >= 0.3 is 0 Å². The fourth-order valence-corrected chi connectivity index (χ4v) is 2.53. The van der Waals surface area contributed by atoms with Gasteiger partial charge in [0.25, 0.3) is 5.69 Å². The number of nitro groups is 1. The number of nitrogens with one attached hydrogen (secondary N) is 1. The van der Waals surface area contributed by atoms with E-state index >= 15 is 0 Å². The van der Waals surface area contributed by atoms with Crippen LogP contribution < -0.4 is 5.32 Å². The van der Waals surface area contributed by atoms with Crippen LogP contribution in [0.1, 0.15) is 5.56 Å². The third-order valence-corrected chi connectivity index (χ3v) is 4.13. The van der Waals surface area contributed by atoms with E-state index in [0.717, 1.165) is 44.8 Å². The van der Waals surface area contributed by atoms with Crippen molar-refractivity contribution in [3.05, 3.63) is 38.9 Å². The van der Waals surface area contributed by atoms with Gasteiger partial charge in [-0.3, -0.25) is 15.0 Å². The Morgan fingerprint density at radius 2 is 2.05 bits per heavy atom. The Kier molecular flexibility index (Phi) is 5.93. The van der Waals surface area contributed by atoms with Gasteiger partial charge in [-0.15, -0.1) is 0 Å². The van der Waals surface area contributed by atoms with Gasteiger partial charge in [0.2, 0.25) is 0 Å². The molecule has 0 saturated carbocycles. The van der Waals surface area contributed by atoms with Crippen LogP contribution in [0.4, 0.5) is 5.69 Å². The highest BCUT2D eigenvalue weighted by molar-refractivity contribution is 6.31. The van der Waals surface area contributed by atoms with Crippen molar-refractivity contribution >= 4 is 17.3 Å². The Labute approximate surface area is 129 Å². The fraction of sp³-hybridized carbons (Fsp3) is 0.571. The summed E-state index contributed by atoms with van der Waals surface area (Å²) in [6.07, 6.45) is 0. The maximum atomic E-state index is 10.8. The van der Waals surface area contributed by atoms with E-state index in [9.17, 15) is 10.1 Å². The van der Waals surface area contributed by atoms with Crippen LogP contribution >= 0.6 is 11.6 Å². The SMILES string of the molecule is CN1CCN(CCNCc2cc([N+](=O)[O-])ccc2Cl)CC1. The van der Waals surface area contributed by atoms with Gasteiger partial charge in [-0.25, -0.2) is 0 Å². The number of likely N-dealkylation sites (N-methyl/N-ethyl adjacent to an activating group) is 1. The molecule has 1 saturated heterocycles. The quantitative estimate of drug-likeness (QED) is 0.491.